The van der Waals surface area contributed by atoms with E-state index < -0.39 is 113 Å². The van der Waals surface area contributed by atoms with Crippen molar-refractivity contribution in [2.75, 3.05) is 75.6 Å². The van der Waals surface area contributed by atoms with E-state index in [2.05, 4.69) is 34.8 Å². The van der Waals surface area contributed by atoms with Crippen LogP contribution in [0.4, 0.5) is 0 Å². The molecule has 0 saturated heterocycles. The number of rotatable bonds is 48. The first-order valence-electron chi connectivity index (χ1n) is 26.6. The fourth-order valence-corrected chi connectivity index (χ4v) is 11.9. The Labute approximate surface area is 506 Å². The van der Waals surface area contributed by atoms with Crippen LogP contribution in [0.1, 0.15) is 132 Å². The Morgan fingerprint density at radius 1 is 0.393 bits per heavy atom. The maximum atomic E-state index is 12.2. The summed E-state index contributed by atoms with van der Waals surface area (Å²) in [5.74, 6) is -0.390. The number of hydrogen-bond acceptors (Lipinski definition) is 23. The highest BCUT2D eigenvalue weighted by atomic mass is 33.1. The summed E-state index contributed by atoms with van der Waals surface area (Å²) in [6.45, 7) is 10.6. The van der Waals surface area contributed by atoms with Gasteiger partial charge in [0.1, 0.15) is 36.0 Å². The van der Waals surface area contributed by atoms with Crippen molar-refractivity contribution in [3.05, 3.63) is 0 Å². The number of Topliss-reactive ketones (excluding diaryl/α,β-unsaturated/α-hetero) is 4. The zero-order valence-corrected chi connectivity index (χ0v) is 54.8. The van der Waals surface area contributed by atoms with E-state index in [1.54, 1.807) is 35.4 Å². The molecule has 0 saturated carbocycles. The molecule has 0 aliphatic carbocycles. The van der Waals surface area contributed by atoms with Gasteiger partial charge in [-0.1, -0.05) is 98.6 Å². The molecule has 4 amide bonds. The van der Waals surface area contributed by atoms with Crippen molar-refractivity contribution in [2.45, 2.75) is 157 Å². The van der Waals surface area contributed by atoms with E-state index in [0.29, 0.717) is 56.0 Å². The minimum Gasteiger partial charge on any atom is -0.396 e. The Hall–Kier alpha value is -1.91. The van der Waals surface area contributed by atoms with Crippen LogP contribution in [0.25, 0.3) is 0 Å². The third-order valence-electron chi connectivity index (χ3n) is 11.9. The first-order valence-corrected chi connectivity index (χ1v) is 36.2. The van der Waals surface area contributed by atoms with E-state index in [9.17, 15) is 77.6 Å². The molecule has 0 aromatic rings. The van der Waals surface area contributed by atoms with Crippen molar-refractivity contribution >= 4 is 113 Å². The summed E-state index contributed by atoms with van der Waals surface area (Å²) in [5.41, 5.74) is -4.67. The van der Waals surface area contributed by atoms with Crippen molar-refractivity contribution in [1.29, 1.82) is 0 Å². The molecule has 0 aliphatic heterocycles. The number of ketones is 4. The van der Waals surface area contributed by atoms with Gasteiger partial charge in [0.05, 0.1) is 26.4 Å². The number of aliphatic hydroxyl groups excluding tert-OH is 5. The number of phosphoric acid groups is 3. The number of aliphatic hydroxyl groups is 5. The molecular formula is C48H91N4O25P3S4. The fourth-order valence-electron chi connectivity index (χ4n) is 6.42. The van der Waals surface area contributed by atoms with Crippen LogP contribution in [0, 0.1) is 21.7 Å². The van der Waals surface area contributed by atoms with E-state index in [-0.39, 0.29) is 94.4 Å². The van der Waals surface area contributed by atoms with Gasteiger partial charge >= 0.3 is 23.5 Å². The Morgan fingerprint density at radius 2 is 0.679 bits per heavy atom. The Morgan fingerprint density at radius 3 is 0.988 bits per heavy atom. The molecule has 84 heavy (non-hydrogen) atoms. The van der Waals surface area contributed by atoms with E-state index in [1.807, 2.05) is 0 Å². The molecule has 0 unspecified atom stereocenters. The third kappa shape index (κ3) is 42.9. The summed E-state index contributed by atoms with van der Waals surface area (Å²) in [7, 11) is -8.04. The number of carbonyl (C=O) groups excluding carboxylic acids is 8. The minimum absolute atomic E-state index is 0.00350. The second-order valence-corrected chi connectivity index (χ2v) is 31.1. The van der Waals surface area contributed by atoms with Crippen LogP contribution in [-0.2, 0) is 65.6 Å². The van der Waals surface area contributed by atoms with E-state index in [4.69, 9.17) is 29.4 Å². The largest absolute Gasteiger partial charge is 0.469 e. The van der Waals surface area contributed by atoms with Crippen LogP contribution in [0.5, 0.6) is 0 Å². The Balaban J connectivity index is 0. The van der Waals surface area contributed by atoms with Crippen LogP contribution < -0.4 is 21.3 Å². The fraction of sp³-hybridized carbons (Fsp3) is 0.833. The van der Waals surface area contributed by atoms with Crippen molar-refractivity contribution in [3.8, 4) is 0 Å². The number of phosphoric ester groups is 3. The maximum absolute atomic E-state index is 12.2. The summed E-state index contributed by atoms with van der Waals surface area (Å²) < 4.78 is 45.7. The van der Waals surface area contributed by atoms with E-state index >= 15 is 0 Å². The summed E-state index contributed by atoms with van der Waals surface area (Å²) in [6, 6.07) is 0. The molecule has 0 radical (unpaired) electrons. The first kappa shape index (κ1) is 84.2. The summed E-state index contributed by atoms with van der Waals surface area (Å²) in [5, 5.41) is 59.9. The van der Waals surface area contributed by atoms with E-state index in [0.717, 1.165) is 5.75 Å². The number of amides is 4. The van der Waals surface area contributed by atoms with E-state index in [1.165, 1.54) is 63.1 Å². The SMILES string of the molecule is CC(C)(COP(=O)(O)O)[C@@H](O)C(=O)CCCC(=O)CCCSSCCNC(=O)CCNC(=O)[C@H](O)C(C)(C)CO.CC(C)(COP(=O)(O)O)[C@@H](O)C(=O)CCCC(=O)CCCSSCCNC(=O)CCNC(=O)[C@H](O)C(C)(C)COP(=O)(O)O. The molecule has 0 spiro atoms. The summed E-state index contributed by atoms with van der Waals surface area (Å²) in [6.07, 6.45) is -3.15. The molecule has 0 aromatic carbocycles. The first-order chi connectivity index (χ1) is 38.5. The topological polar surface area (TPSA) is 486 Å². The molecule has 492 valence electrons. The van der Waals surface area contributed by atoms with Gasteiger partial charge in [0.15, 0.2) is 11.6 Å². The average Bonchev–Trinajstić information content (AvgIpc) is 3.50. The van der Waals surface area contributed by atoms with Gasteiger partial charge in [0.2, 0.25) is 23.6 Å². The quantitative estimate of drug-likeness (QED) is 0.0235. The Bertz CT molecular complexity index is 2120. The maximum Gasteiger partial charge on any atom is 0.469 e. The standard InChI is InChI=1S/C24H46N2O14P2S2.C24H45N2O11PS2/c1-23(2,15-39-41(33,34)35)20(30)18(28)9-5-7-17(27)8-6-13-43-44-14-12-25-19(29)10-11-26-22(32)21(31)24(3,4)16-40-42(36,37)38;1-23(2,15-27)21(32)22(33)26-11-10-19(30)25-12-14-40-39-13-6-8-17(28)7-5-9-18(29)20(31)24(3,4)16-37-38(34,35)36/h20-21,30-31H,5-16H2,1-4H3,(H,25,29)(H,26,32)(H2,33,34,35)(H2,36,37,38);20-21,27,31-32H,5-16H2,1-4H3,(H,25,30)(H,26,33)(H2,34,35,36)/t2*20-,21-/m00/s1. The van der Waals surface area contributed by atoms with Crippen LogP contribution in [0.2, 0.25) is 0 Å². The molecule has 0 bridgehead atoms. The molecule has 0 aromatic heterocycles. The molecule has 4 atom stereocenters. The highest BCUT2D eigenvalue weighted by Gasteiger charge is 2.38. The zero-order valence-electron chi connectivity index (χ0n) is 48.9. The second-order valence-electron chi connectivity index (χ2n) is 22.0. The van der Waals surface area contributed by atoms with Crippen LogP contribution >= 0.6 is 66.6 Å². The van der Waals surface area contributed by atoms with Crippen LogP contribution in [0.3, 0.4) is 0 Å². The van der Waals surface area contributed by atoms with Crippen molar-refractivity contribution in [2.24, 2.45) is 21.7 Å². The summed E-state index contributed by atoms with van der Waals surface area (Å²) >= 11 is 0. The van der Waals surface area contributed by atoms with Gasteiger partial charge in [-0.25, -0.2) is 13.7 Å². The monoisotopic (exact) mass is 1340 g/mol. The Kier molecular flexibility index (Phi) is 42.2. The number of hydrogen-bond donors (Lipinski definition) is 15. The second kappa shape index (κ2) is 42.1. The van der Waals surface area contributed by atoms with Crippen LogP contribution in [0.15, 0.2) is 0 Å². The van der Waals surface area contributed by atoms with Gasteiger partial charge in [0.25, 0.3) is 0 Å². The lowest BCUT2D eigenvalue weighted by Gasteiger charge is -2.29. The van der Waals surface area contributed by atoms with Gasteiger partial charge in [-0.2, -0.15) is 0 Å². The lowest BCUT2D eigenvalue weighted by molar-refractivity contribution is -0.137. The van der Waals surface area contributed by atoms with Crippen molar-refractivity contribution in [1.82, 2.24) is 21.3 Å². The normalized spacial score (nSPS) is 14.0. The highest BCUT2D eigenvalue weighted by molar-refractivity contribution is 8.77. The lowest BCUT2D eigenvalue weighted by atomic mass is 9.84. The predicted octanol–water partition coefficient (Wildman–Crippen LogP) is 2.03. The number of carbonyl (C=O) groups is 8. The highest BCUT2D eigenvalue weighted by Crippen LogP contribution is 2.41. The molecule has 0 aliphatic rings. The average molecular weight is 1350 g/mol. The molecule has 36 heteroatoms. The lowest BCUT2D eigenvalue weighted by Crippen LogP contribution is -2.46. The summed E-state index contributed by atoms with van der Waals surface area (Å²) in [4.78, 5) is 149. The smallest absolute Gasteiger partial charge is 0.396 e. The third-order valence-corrected chi connectivity index (χ3v) is 18.3. The van der Waals surface area contributed by atoms with Gasteiger partial charge < -0.3 is 76.2 Å². The molecule has 0 heterocycles. The molecule has 0 fully saturated rings. The predicted molar refractivity (Wildman–Crippen MR) is 318 cm³/mol. The van der Waals surface area contributed by atoms with Crippen molar-refractivity contribution < 1.29 is 121 Å². The van der Waals surface area contributed by atoms with Crippen LogP contribution in [-0.4, -0.2) is 202 Å². The zero-order chi connectivity index (χ0) is 65.2. The number of nitrogens with one attached hydrogen (secondary N) is 4. The molecule has 15 N–H and O–H groups in total. The van der Waals surface area contributed by atoms with Gasteiger partial charge in [-0.15, -0.1) is 0 Å². The molecular weight excluding hydrogens is 1250 g/mol. The minimum atomic E-state index is -4.76. The van der Waals surface area contributed by atoms with Crippen molar-refractivity contribution in [3.63, 3.8) is 0 Å². The van der Waals surface area contributed by atoms with Gasteiger partial charge in [0, 0.05) is 122 Å². The molecule has 29 nitrogen and oxygen atoms in total. The van der Waals surface area contributed by atoms with Gasteiger partial charge in [-0.05, 0) is 25.7 Å². The van der Waals surface area contributed by atoms with Gasteiger partial charge in [-0.3, -0.25) is 51.9 Å². The molecule has 0 rings (SSSR count).